The second-order valence-electron chi connectivity index (χ2n) is 5.44. The van der Waals surface area contributed by atoms with Gasteiger partial charge in [0.25, 0.3) is 0 Å². The van der Waals surface area contributed by atoms with Crippen LogP contribution in [0.25, 0.3) is 0 Å². The van der Waals surface area contributed by atoms with Crippen LogP contribution in [0.1, 0.15) is 26.7 Å². The molecule has 0 aliphatic rings. The molecule has 7 heteroatoms. The molecule has 0 bridgehead atoms. The Morgan fingerprint density at radius 3 is 2.84 bits per heavy atom. The number of thioether (sulfide) groups is 1. The molecule has 0 unspecified atom stereocenters. The van der Waals surface area contributed by atoms with E-state index in [0.717, 1.165) is 36.9 Å². The van der Waals surface area contributed by atoms with Gasteiger partial charge in [-0.2, -0.15) is 11.8 Å². The van der Waals surface area contributed by atoms with E-state index in [1.807, 2.05) is 36.0 Å². The Morgan fingerprint density at radius 1 is 1.28 bits per heavy atom. The number of rotatable bonds is 11. The first-order valence-electron chi connectivity index (χ1n) is 8.67. The lowest BCUT2D eigenvalue weighted by atomic mass is 10.3. The number of hydrogen-bond acceptors (Lipinski definition) is 4. The number of anilines is 1. The summed E-state index contributed by atoms with van der Waals surface area (Å²) in [6.45, 7) is 6.36. The molecule has 0 fully saturated rings. The molecule has 1 aromatic rings. The maximum Gasteiger partial charge on any atom is 0.221 e. The molecule has 1 amide bonds. The molecule has 0 aliphatic carbocycles. The molecule has 1 aromatic carbocycles. The molecule has 25 heavy (non-hydrogen) atoms. The minimum absolute atomic E-state index is 0.0946. The first kappa shape index (κ1) is 21.2. The third-order valence-electron chi connectivity index (χ3n) is 3.19. The number of nitrogens with one attached hydrogen (secondary N) is 3. The van der Waals surface area contributed by atoms with Gasteiger partial charge in [-0.15, -0.1) is 0 Å². The predicted molar refractivity (Wildman–Crippen MR) is 108 cm³/mol. The first-order chi connectivity index (χ1) is 12.2. The summed E-state index contributed by atoms with van der Waals surface area (Å²) in [7, 11) is 0. The number of hydrogen-bond donors (Lipinski definition) is 3. The van der Waals surface area contributed by atoms with Crippen molar-refractivity contribution in [3.05, 3.63) is 24.3 Å². The fourth-order valence-electron chi connectivity index (χ4n) is 2.10. The highest BCUT2D eigenvalue weighted by atomic mass is 32.2. The highest BCUT2D eigenvalue weighted by Gasteiger charge is 2.00. The summed E-state index contributed by atoms with van der Waals surface area (Å²) in [4.78, 5) is 15.6. The normalized spacial score (nSPS) is 11.1. The number of amides is 1. The molecule has 0 aliphatic heterocycles. The molecule has 0 heterocycles. The fraction of sp³-hybridized carbons (Fsp3) is 0.556. The van der Waals surface area contributed by atoms with Crippen LogP contribution in [0.4, 0.5) is 5.69 Å². The molecule has 0 saturated carbocycles. The minimum Gasteiger partial charge on any atom is -0.492 e. The van der Waals surface area contributed by atoms with E-state index in [2.05, 4.69) is 34.1 Å². The number of nitrogens with zero attached hydrogens (tertiary/aromatic N) is 1. The summed E-state index contributed by atoms with van der Waals surface area (Å²) in [6.07, 6.45) is 4.42. The third-order valence-corrected chi connectivity index (χ3v) is 3.89. The SMILES string of the molecule is CCNC(=NCCCCSC)NCCOc1cccc(NC(C)=O)c1. The quantitative estimate of drug-likeness (QED) is 0.319. The lowest BCUT2D eigenvalue weighted by Gasteiger charge is -2.12. The molecule has 6 nitrogen and oxygen atoms in total. The molecule has 3 N–H and O–H groups in total. The largest absolute Gasteiger partial charge is 0.492 e. The summed E-state index contributed by atoms with van der Waals surface area (Å²) in [5.74, 6) is 2.64. The van der Waals surface area contributed by atoms with Crippen molar-refractivity contribution in [1.82, 2.24) is 10.6 Å². The zero-order valence-electron chi connectivity index (χ0n) is 15.4. The van der Waals surface area contributed by atoms with Gasteiger partial charge in [0.2, 0.25) is 5.91 Å². The molecule has 0 aromatic heterocycles. The maximum absolute atomic E-state index is 11.1. The maximum atomic E-state index is 11.1. The van der Waals surface area contributed by atoms with Crippen LogP contribution in [0.2, 0.25) is 0 Å². The van der Waals surface area contributed by atoms with Gasteiger partial charge in [-0.05, 0) is 43.9 Å². The van der Waals surface area contributed by atoms with Gasteiger partial charge in [0.1, 0.15) is 12.4 Å². The van der Waals surface area contributed by atoms with Gasteiger partial charge in [-0.25, -0.2) is 0 Å². The Morgan fingerprint density at radius 2 is 2.12 bits per heavy atom. The Kier molecular flexibility index (Phi) is 11.3. The molecule has 0 radical (unpaired) electrons. The van der Waals surface area contributed by atoms with Crippen LogP contribution >= 0.6 is 11.8 Å². The van der Waals surface area contributed by atoms with Gasteiger partial charge in [0.15, 0.2) is 5.96 Å². The van der Waals surface area contributed by atoms with E-state index in [-0.39, 0.29) is 5.91 Å². The molecule has 0 atom stereocenters. The van der Waals surface area contributed by atoms with Crippen molar-refractivity contribution in [2.75, 3.05) is 43.6 Å². The Hall–Kier alpha value is -1.89. The average Bonchev–Trinajstić information content (AvgIpc) is 2.58. The molecule has 0 saturated heterocycles. The lowest BCUT2D eigenvalue weighted by molar-refractivity contribution is -0.114. The highest BCUT2D eigenvalue weighted by Crippen LogP contribution is 2.16. The van der Waals surface area contributed by atoms with Crippen molar-refractivity contribution >= 4 is 29.3 Å². The first-order valence-corrected chi connectivity index (χ1v) is 10.1. The van der Waals surface area contributed by atoms with E-state index in [1.54, 1.807) is 0 Å². The van der Waals surface area contributed by atoms with Crippen molar-refractivity contribution < 1.29 is 9.53 Å². The number of carbonyl (C=O) groups excluding carboxylic acids is 1. The highest BCUT2D eigenvalue weighted by molar-refractivity contribution is 7.98. The van der Waals surface area contributed by atoms with Crippen LogP contribution in [0, 0.1) is 0 Å². The standard InChI is InChI=1S/C18H30N4O2S/c1-4-19-18(20-10-5-6-13-25-3)21-11-12-24-17-9-7-8-16(14-17)22-15(2)23/h7-9,14H,4-6,10-13H2,1-3H3,(H,22,23)(H2,19,20,21). The van der Waals surface area contributed by atoms with Gasteiger partial charge >= 0.3 is 0 Å². The molecule has 1 rings (SSSR count). The number of aliphatic imine (C=N–C) groups is 1. The van der Waals surface area contributed by atoms with E-state index < -0.39 is 0 Å². The topological polar surface area (TPSA) is 74.8 Å². The van der Waals surface area contributed by atoms with E-state index in [9.17, 15) is 4.79 Å². The minimum atomic E-state index is -0.0946. The van der Waals surface area contributed by atoms with Gasteiger partial charge in [0.05, 0.1) is 6.54 Å². The second kappa shape index (κ2) is 13.4. The predicted octanol–water partition coefficient (Wildman–Crippen LogP) is 2.72. The van der Waals surface area contributed by atoms with Crippen LogP contribution in [0.3, 0.4) is 0 Å². The molecule has 140 valence electrons. The fourth-order valence-corrected chi connectivity index (χ4v) is 2.59. The summed E-state index contributed by atoms with van der Waals surface area (Å²) >= 11 is 1.87. The lowest BCUT2D eigenvalue weighted by Crippen LogP contribution is -2.39. The van der Waals surface area contributed by atoms with Crippen molar-refractivity contribution in [3.8, 4) is 5.75 Å². The van der Waals surface area contributed by atoms with E-state index >= 15 is 0 Å². The van der Waals surface area contributed by atoms with Crippen LogP contribution < -0.4 is 20.7 Å². The van der Waals surface area contributed by atoms with Crippen molar-refractivity contribution in [3.63, 3.8) is 0 Å². The van der Waals surface area contributed by atoms with Crippen LogP contribution in [-0.4, -0.2) is 50.1 Å². The summed E-state index contributed by atoms with van der Waals surface area (Å²) in [5.41, 5.74) is 0.734. The Balaban J connectivity index is 2.33. The number of unbranched alkanes of at least 4 members (excludes halogenated alkanes) is 1. The van der Waals surface area contributed by atoms with E-state index in [0.29, 0.717) is 13.2 Å². The monoisotopic (exact) mass is 366 g/mol. The molecule has 0 spiro atoms. The number of benzene rings is 1. The van der Waals surface area contributed by atoms with E-state index in [4.69, 9.17) is 4.74 Å². The van der Waals surface area contributed by atoms with Crippen molar-refractivity contribution in [2.45, 2.75) is 26.7 Å². The van der Waals surface area contributed by atoms with Gasteiger partial charge in [-0.3, -0.25) is 9.79 Å². The third kappa shape index (κ3) is 10.6. The van der Waals surface area contributed by atoms with Gasteiger partial charge in [0, 0.05) is 31.8 Å². The van der Waals surface area contributed by atoms with Crippen LogP contribution in [0.15, 0.2) is 29.3 Å². The summed E-state index contributed by atoms with van der Waals surface area (Å²) in [6, 6.07) is 7.37. The molecular formula is C18H30N4O2S. The number of ether oxygens (including phenoxy) is 1. The van der Waals surface area contributed by atoms with Crippen LogP contribution in [-0.2, 0) is 4.79 Å². The summed E-state index contributed by atoms with van der Waals surface area (Å²) < 4.78 is 5.72. The van der Waals surface area contributed by atoms with Crippen molar-refractivity contribution in [2.24, 2.45) is 4.99 Å². The number of carbonyl (C=O) groups is 1. The van der Waals surface area contributed by atoms with E-state index in [1.165, 1.54) is 19.1 Å². The Labute approximate surface area is 155 Å². The average molecular weight is 367 g/mol. The van der Waals surface area contributed by atoms with Gasteiger partial charge < -0.3 is 20.7 Å². The molecular weight excluding hydrogens is 336 g/mol. The Bertz CT molecular complexity index is 538. The zero-order chi connectivity index (χ0) is 18.3. The second-order valence-corrected chi connectivity index (χ2v) is 6.43. The van der Waals surface area contributed by atoms with Crippen molar-refractivity contribution in [1.29, 1.82) is 0 Å². The zero-order valence-corrected chi connectivity index (χ0v) is 16.2. The number of guanidine groups is 1. The summed E-state index contributed by atoms with van der Waals surface area (Å²) in [5, 5.41) is 9.24. The van der Waals surface area contributed by atoms with Gasteiger partial charge in [-0.1, -0.05) is 6.07 Å². The van der Waals surface area contributed by atoms with Crippen LogP contribution in [0.5, 0.6) is 5.75 Å². The smallest absolute Gasteiger partial charge is 0.221 e.